The second-order valence-electron chi connectivity index (χ2n) is 4.60. The number of esters is 1. The van der Waals surface area contributed by atoms with Crippen LogP contribution in [0.15, 0.2) is 46.9 Å². The first-order valence-corrected chi connectivity index (χ1v) is 7.65. The number of carbonyl (C=O) groups is 1. The summed E-state index contributed by atoms with van der Waals surface area (Å²) in [6, 6.07) is 11.1. The third-order valence-electron chi connectivity index (χ3n) is 2.93. The Balaban J connectivity index is 2.08. The maximum atomic E-state index is 11.5. The van der Waals surface area contributed by atoms with E-state index < -0.39 is 4.92 Å². The Morgan fingerprint density at radius 3 is 2.48 bits per heavy atom. The van der Waals surface area contributed by atoms with Crippen LogP contribution in [0, 0.1) is 10.1 Å². The number of hydrogen-bond donors (Lipinski definition) is 0. The molecule has 2 aromatic rings. The number of nitro benzene ring substituents is 1. The van der Waals surface area contributed by atoms with Crippen molar-refractivity contribution in [3.05, 3.63) is 62.6 Å². The van der Waals surface area contributed by atoms with Crippen LogP contribution in [-0.4, -0.2) is 17.5 Å². The maximum absolute atomic E-state index is 11.5. The summed E-state index contributed by atoms with van der Waals surface area (Å²) in [5, 5.41) is 10.6. The summed E-state index contributed by atoms with van der Waals surface area (Å²) in [4.78, 5) is 21.6. The summed E-state index contributed by atoms with van der Waals surface area (Å²) in [5.74, 6) is 0.740. The molecule has 0 saturated carbocycles. The molecule has 0 bridgehead atoms. The number of benzene rings is 2. The highest BCUT2D eigenvalue weighted by Crippen LogP contribution is 2.31. The van der Waals surface area contributed by atoms with Gasteiger partial charge in [0.2, 0.25) is 0 Å². The zero-order valence-corrected chi connectivity index (χ0v) is 13.9. The summed E-state index contributed by atoms with van der Waals surface area (Å²) in [7, 11) is 0. The topological polar surface area (TPSA) is 78.7 Å². The normalized spacial score (nSPS) is 10.2. The van der Waals surface area contributed by atoms with E-state index in [1.165, 1.54) is 24.3 Å². The van der Waals surface area contributed by atoms with E-state index in [9.17, 15) is 14.9 Å². The Labute approximate surface area is 141 Å². The zero-order valence-electron chi connectivity index (χ0n) is 12.3. The van der Waals surface area contributed by atoms with Crippen LogP contribution < -0.4 is 4.74 Å². The van der Waals surface area contributed by atoms with E-state index in [0.717, 1.165) is 5.56 Å². The minimum absolute atomic E-state index is 0.00111. The van der Waals surface area contributed by atoms with Crippen LogP contribution in [-0.2, 0) is 16.0 Å². The van der Waals surface area contributed by atoms with Crippen LogP contribution in [0.1, 0.15) is 12.5 Å². The lowest BCUT2D eigenvalue weighted by atomic mass is 10.1. The number of halogens is 1. The van der Waals surface area contributed by atoms with Gasteiger partial charge in [0.25, 0.3) is 5.69 Å². The molecule has 23 heavy (non-hydrogen) atoms. The van der Waals surface area contributed by atoms with Gasteiger partial charge in [-0.1, -0.05) is 6.07 Å². The van der Waals surface area contributed by atoms with Gasteiger partial charge in [-0.05, 0) is 52.7 Å². The lowest BCUT2D eigenvalue weighted by Gasteiger charge is -2.09. The second-order valence-corrected chi connectivity index (χ2v) is 5.45. The van der Waals surface area contributed by atoms with Gasteiger partial charge in [-0.15, -0.1) is 0 Å². The highest BCUT2D eigenvalue weighted by molar-refractivity contribution is 9.10. The van der Waals surface area contributed by atoms with Crippen LogP contribution in [0.3, 0.4) is 0 Å². The molecule has 0 aromatic heterocycles. The molecule has 0 radical (unpaired) electrons. The Morgan fingerprint density at radius 2 is 1.91 bits per heavy atom. The van der Waals surface area contributed by atoms with Crippen LogP contribution in [0.25, 0.3) is 0 Å². The van der Waals surface area contributed by atoms with Gasteiger partial charge < -0.3 is 9.47 Å². The Hall–Kier alpha value is -2.41. The van der Waals surface area contributed by atoms with Gasteiger partial charge in [-0.3, -0.25) is 14.9 Å². The van der Waals surface area contributed by atoms with Gasteiger partial charge in [-0.25, -0.2) is 0 Å². The Morgan fingerprint density at radius 1 is 1.22 bits per heavy atom. The van der Waals surface area contributed by atoms with Crippen LogP contribution in [0.5, 0.6) is 11.5 Å². The summed E-state index contributed by atoms with van der Waals surface area (Å²) in [6.07, 6.45) is 0.185. The number of carbonyl (C=O) groups excluding carboxylic acids is 1. The highest BCUT2D eigenvalue weighted by Gasteiger charge is 2.09. The van der Waals surface area contributed by atoms with Crippen molar-refractivity contribution in [1.29, 1.82) is 0 Å². The van der Waals surface area contributed by atoms with Crippen LogP contribution in [0.4, 0.5) is 5.69 Å². The fourth-order valence-electron chi connectivity index (χ4n) is 1.88. The monoisotopic (exact) mass is 379 g/mol. The first kappa shape index (κ1) is 17.0. The highest BCUT2D eigenvalue weighted by atomic mass is 79.9. The first-order valence-electron chi connectivity index (χ1n) is 6.86. The van der Waals surface area contributed by atoms with Gasteiger partial charge >= 0.3 is 5.97 Å². The van der Waals surface area contributed by atoms with Gasteiger partial charge in [-0.2, -0.15) is 0 Å². The van der Waals surface area contributed by atoms with E-state index >= 15 is 0 Å². The minimum atomic E-state index is -0.468. The van der Waals surface area contributed by atoms with Crippen molar-refractivity contribution in [3.8, 4) is 11.5 Å². The molecule has 0 aliphatic carbocycles. The first-order chi connectivity index (χ1) is 11.0. The van der Waals surface area contributed by atoms with E-state index in [2.05, 4.69) is 15.9 Å². The predicted octanol–water partition coefficient (Wildman–Crippen LogP) is 4.26. The van der Waals surface area contributed by atoms with E-state index in [1.807, 2.05) is 0 Å². The summed E-state index contributed by atoms with van der Waals surface area (Å²) >= 11 is 3.39. The molecule has 0 atom stereocenters. The third kappa shape index (κ3) is 4.79. The standard InChI is InChI=1S/C16H14BrNO5/c1-2-22-16(19)10-11-3-8-15(14(17)9-11)23-13-6-4-12(5-7-13)18(20)21/h3-9H,2,10H2,1H3. The number of ether oxygens (including phenoxy) is 2. The fourth-order valence-corrected chi connectivity index (χ4v) is 2.39. The molecular formula is C16H14BrNO5. The molecule has 2 aromatic carbocycles. The summed E-state index contributed by atoms with van der Waals surface area (Å²) in [6.45, 7) is 2.11. The largest absolute Gasteiger partial charge is 0.466 e. The van der Waals surface area contributed by atoms with Crippen molar-refractivity contribution >= 4 is 27.6 Å². The molecule has 0 N–H and O–H groups in total. The predicted molar refractivity (Wildman–Crippen MR) is 87.6 cm³/mol. The molecular weight excluding hydrogens is 366 g/mol. The van der Waals surface area contributed by atoms with Crippen LogP contribution >= 0.6 is 15.9 Å². The molecule has 2 rings (SSSR count). The lowest BCUT2D eigenvalue weighted by Crippen LogP contribution is -2.07. The SMILES string of the molecule is CCOC(=O)Cc1ccc(Oc2ccc([N+](=O)[O-])cc2)c(Br)c1. The number of nitrogens with zero attached hydrogens (tertiary/aromatic N) is 1. The van der Waals surface area contributed by atoms with Crippen molar-refractivity contribution in [3.63, 3.8) is 0 Å². The van der Waals surface area contributed by atoms with Crippen molar-refractivity contribution in [2.75, 3.05) is 6.61 Å². The average molecular weight is 380 g/mol. The summed E-state index contributed by atoms with van der Waals surface area (Å²) < 4.78 is 11.2. The second kappa shape index (κ2) is 7.73. The zero-order chi connectivity index (χ0) is 16.8. The maximum Gasteiger partial charge on any atom is 0.310 e. The van der Waals surface area contributed by atoms with Crippen molar-refractivity contribution in [1.82, 2.24) is 0 Å². The van der Waals surface area contributed by atoms with Crippen molar-refractivity contribution < 1.29 is 19.2 Å². The molecule has 0 saturated heterocycles. The number of rotatable bonds is 6. The molecule has 120 valence electrons. The molecule has 0 heterocycles. The van der Waals surface area contributed by atoms with E-state index in [1.54, 1.807) is 25.1 Å². The van der Waals surface area contributed by atoms with E-state index in [4.69, 9.17) is 9.47 Å². The molecule has 0 spiro atoms. The minimum Gasteiger partial charge on any atom is -0.466 e. The number of nitro groups is 1. The van der Waals surface area contributed by atoms with Crippen molar-refractivity contribution in [2.24, 2.45) is 0 Å². The molecule has 7 heteroatoms. The Kier molecular flexibility index (Phi) is 5.70. The van der Waals surface area contributed by atoms with Gasteiger partial charge in [0, 0.05) is 12.1 Å². The van der Waals surface area contributed by atoms with Gasteiger partial charge in [0.05, 0.1) is 22.4 Å². The molecule has 0 aliphatic heterocycles. The van der Waals surface area contributed by atoms with Crippen molar-refractivity contribution in [2.45, 2.75) is 13.3 Å². The summed E-state index contributed by atoms with van der Waals surface area (Å²) in [5.41, 5.74) is 0.799. The van der Waals surface area contributed by atoms with Gasteiger partial charge in [0.15, 0.2) is 0 Å². The number of non-ortho nitro benzene ring substituents is 1. The average Bonchev–Trinajstić information content (AvgIpc) is 2.51. The molecule has 0 aliphatic rings. The molecule has 0 amide bonds. The quantitative estimate of drug-likeness (QED) is 0.425. The molecule has 6 nitrogen and oxygen atoms in total. The smallest absolute Gasteiger partial charge is 0.310 e. The van der Waals surface area contributed by atoms with E-state index in [0.29, 0.717) is 22.6 Å². The Bertz CT molecular complexity index is 715. The number of hydrogen-bond acceptors (Lipinski definition) is 5. The lowest BCUT2D eigenvalue weighted by molar-refractivity contribution is -0.384. The molecule has 0 unspecified atom stereocenters. The van der Waals surface area contributed by atoms with E-state index in [-0.39, 0.29) is 18.1 Å². The van der Waals surface area contributed by atoms with Crippen LogP contribution in [0.2, 0.25) is 0 Å². The third-order valence-corrected chi connectivity index (χ3v) is 3.55. The van der Waals surface area contributed by atoms with Gasteiger partial charge in [0.1, 0.15) is 11.5 Å². The fraction of sp³-hybridized carbons (Fsp3) is 0.188. The molecule has 0 fully saturated rings.